The molecule has 2 aromatic carbocycles. The Morgan fingerprint density at radius 3 is 1.15 bits per heavy atom. The fourth-order valence-electron chi connectivity index (χ4n) is 1.46. The summed E-state index contributed by atoms with van der Waals surface area (Å²) >= 11 is 22.6. The number of rotatable bonds is 8. The first-order valence-electron chi connectivity index (χ1n) is 9.80. The largest absolute Gasteiger partial charge is 2.00 e. The van der Waals surface area contributed by atoms with Crippen LogP contribution in [0.15, 0.2) is 60.7 Å². The number of carboxylic acid groups (broad SMARTS) is 4. The summed E-state index contributed by atoms with van der Waals surface area (Å²) in [5.74, 6) is -3.92. The minimum atomic E-state index is -1.30. The molecular formula is C24H22Cl4O10Zn. The number of halogens is 4. The second-order valence-corrected chi connectivity index (χ2v) is 8.33. The monoisotopic (exact) mass is 674 g/mol. The maximum Gasteiger partial charge on any atom is 2.00 e. The zero-order chi connectivity index (χ0) is 30.0. The van der Waals surface area contributed by atoms with E-state index in [1.807, 2.05) is 0 Å². The number of benzene rings is 2. The summed E-state index contributed by atoms with van der Waals surface area (Å²) < 4.78 is 9.60. The number of ether oxygens (including phenoxy) is 2. The van der Waals surface area contributed by atoms with Gasteiger partial charge in [0.25, 0.3) is 0 Å². The smallest absolute Gasteiger partial charge is 0.546 e. The molecule has 2 N–H and O–H groups in total. The average molecular weight is 678 g/mol. The van der Waals surface area contributed by atoms with E-state index in [9.17, 15) is 29.4 Å². The Labute approximate surface area is 257 Å². The second kappa shape index (κ2) is 22.0. The molecule has 208 valence electrons. The quantitative estimate of drug-likeness (QED) is 0.311. The van der Waals surface area contributed by atoms with Gasteiger partial charge >= 0.3 is 31.4 Å². The topological polar surface area (TPSA) is 173 Å². The van der Waals surface area contributed by atoms with Gasteiger partial charge in [-0.25, -0.2) is 9.59 Å². The van der Waals surface area contributed by atoms with Crippen molar-refractivity contribution in [3.05, 3.63) is 80.8 Å². The summed E-state index contributed by atoms with van der Waals surface area (Å²) in [5.41, 5.74) is 0.352. The molecule has 0 bridgehead atoms. The molecule has 0 radical (unpaired) electrons. The van der Waals surface area contributed by atoms with Crippen LogP contribution < -0.4 is 19.7 Å². The van der Waals surface area contributed by atoms with E-state index in [4.69, 9.17) is 66.1 Å². The molecule has 0 aliphatic rings. The molecule has 15 heteroatoms. The minimum Gasteiger partial charge on any atom is -0.546 e. The number of hydrogen-bond acceptors (Lipinski definition) is 8. The van der Waals surface area contributed by atoms with Crippen LogP contribution in [0.2, 0.25) is 20.1 Å². The van der Waals surface area contributed by atoms with Crippen molar-refractivity contribution in [2.45, 2.75) is 13.8 Å². The normalized spacial score (nSPS) is 8.77. The van der Waals surface area contributed by atoms with E-state index in [0.29, 0.717) is 10.0 Å². The van der Waals surface area contributed by atoms with Gasteiger partial charge < -0.3 is 39.5 Å². The van der Waals surface area contributed by atoms with Gasteiger partial charge in [-0.2, -0.15) is 0 Å². The maximum atomic E-state index is 10.0. The Morgan fingerprint density at radius 2 is 0.974 bits per heavy atom. The van der Waals surface area contributed by atoms with Crippen LogP contribution in [0, 0.1) is 0 Å². The van der Waals surface area contributed by atoms with Crippen molar-refractivity contribution in [3.8, 4) is 11.5 Å². The van der Waals surface area contributed by atoms with Gasteiger partial charge in [0.05, 0.1) is 22.0 Å². The van der Waals surface area contributed by atoms with Gasteiger partial charge in [0, 0.05) is 21.2 Å². The van der Waals surface area contributed by atoms with Gasteiger partial charge in [0.15, 0.2) is 0 Å². The molecule has 0 heterocycles. The predicted molar refractivity (Wildman–Crippen MR) is 139 cm³/mol. The zero-order valence-electron chi connectivity index (χ0n) is 20.7. The van der Waals surface area contributed by atoms with E-state index < -0.39 is 37.1 Å². The first-order valence-corrected chi connectivity index (χ1v) is 11.3. The van der Waals surface area contributed by atoms with E-state index in [1.165, 1.54) is 38.1 Å². The third kappa shape index (κ3) is 22.8. The van der Waals surface area contributed by atoms with E-state index in [-0.39, 0.29) is 52.2 Å². The van der Waals surface area contributed by atoms with Crippen LogP contribution >= 0.6 is 46.4 Å². The Balaban J connectivity index is -0.000000469. The van der Waals surface area contributed by atoms with Gasteiger partial charge in [-0.15, -0.1) is 0 Å². The van der Waals surface area contributed by atoms with Crippen molar-refractivity contribution in [1.82, 2.24) is 0 Å². The van der Waals surface area contributed by atoms with E-state index in [0.717, 1.165) is 0 Å². The molecule has 2 aromatic rings. The molecule has 0 aliphatic heterocycles. The molecule has 0 unspecified atom stereocenters. The van der Waals surface area contributed by atoms with E-state index in [1.54, 1.807) is 12.1 Å². The number of aliphatic carboxylic acids is 4. The fraction of sp³-hybridized carbons (Fsp3) is 0.167. The second-order valence-electron chi connectivity index (χ2n) is 6.64. The predicted octanol–water partition coefficient (Wildman–Crippen LogP) is 3.54. The Hall–Kier alpha value is -2.82. The van der Waals surface area contributed by atoms with Crippen molar-refractivity contribution in [2.75, 3.05) is 13.2 Å². The van der Waals surface area contributed by atoms with Gasteiger partial charge in [0.1, 0.15) is 24.7 Å². The van der Waals surface area contributed by atoms with Crippen LogP contribution in [-0.4, -0.2) is 47.3 Å². The Morgan fingerprint density at radius 1 is 0.718 bits per heavy atom. The van der Waals surface area contributed by atoms with Crippen LogP contribution in [0.5, 0.6) is 11.5 Å². The van der Waals surface area contributed by atoms with Crippen LogP contribution in [0.3, 0.4) is 0 Å². The molecule has 0 spiro atoms. The summed E-state index contributed by atoms with van der Waals surface area (Å²) in [5, 5.41) is 37.3. The molecule has 0 amide bonds. The molecule has 39 heavy (non-hydrogen) atoms. The standard InChI is InChI=1S/2C8H6Cl2O3.2C4H6O2.Zn/c2*9-5-1-2-7(6(10)3-5)13-4-8(11)12;2*1-3(2)4(5)6;/h2*1-3H,4H2,(H,11,12);2*1H2,2H3,(H,5,6);/q;;;;+2/p-2. The fourth-order valence-corrected chi connectivity index (χ4v) is 2.38. The summed E-state index contributed by atoms with van der Waals surface area (Å²) in [6.45, 7) is 8.15. The van der Waals surface area contributed by atoms with Gasteiger partial charge in [-0.1, -0.05) is 59.6 Å². The Kier molecular flexibility index (Phi) is 23.0. The van der Waals surface area contributed by atoms with Crippen molar-refractivity contribution in [2.24, 2.45) is 0 Å². The SMILES string of the molecule is C=C(C)C(=O)O.C=C(C)C(=O)O.O=C([O-])COc1ccc(Cl)cc1Cl.O=C([O-])COc1ccc(Cl)cc1Cl.[Zn+2]. The summed E-state index contributed by atoms with van der Waals surface area (Å²) in [6.07, 6.45) is 0. The average Bonchev–Trinajstić information content (AvgIpc) is 2.79. The van der Waals surface area contributed by atoms with Crippen LogP contribution in [0.4, 0.5) is 0 Å². The number of hydrogen-bond donors (Lipinski definition) is 2. The van der Waals surface area contributed by atoms with Gasteiger partial charge in [-0.3, -0.25) is 0 Å². The number of carbonyl (C=O) groups is 4. The number of carbonyl (C=O) groups excluding carboxylic acids is 2. The third-order valence-electron chi connectivity index (χ3n) is 3.21. The molecule has 0 fully saturated rings. The molecule has 0 aliphatic carbocycles. The molecule has 0 saturated heterocycles. The van der Waals surface area contributed by atoms with Crippen molar-refractivity contribution >= 4 is 70.3 Å². The maximum absolute atomic E-state index is 10.0. The molecule has 0 saturated carbocycles. The molecule has 10 nitrogen and oxygen atoms in total. The van der Waals surface area contributed by atoms with Crippen LogP contribution in [-0.2, 0) is 38.7 Å². The molecular weight excluding hydrogens is 655 g/mol. The van der Waals surface area contributed by atoms with Crippen molar-refractivity contribution < 1.29 is 68.6 Å². The summed E-state index contributed by atoms with van der Waals surface area (Å²) in [6, 6.07) is 9.03. The Bertz CT molecular complexity index is 1040. The molecule has 0 atom stereocenters. The molecule has 2 rings (SSSR count). The summed E-state index contributed by atoms with van der Waals surface area (Å²) in [4.78, 5) is 39.3. The van der Waals surface area contributed by atoms with E-state index in [2.05, 4.69) is 13.2 Å². The summed E-state index contributed by atoms with van der Waals surface area (Å²) in [7, 11) is 0. The molecule has 0 aromatic heterocycles. The van der Waals surface area contributed by atoms with Crippen LogP contribution in [0.25, 0.3) is 0 Å². The van der Waals surface area contributed by atoms with E-state index >= 15 is 0 Å². The zero-order valence-corrected chi connectivity index (χ0v) is 26.7. The first-order chi connectivity index (χ1) is 17.5. The minimum absolute atomic E-state index is 0. The van der Waals surface area contributed by atoms with Gasteiger partial charge in [-0.05, 0) is 50.2 Å². The number of carboxylic acids is 4. The third-order valence-corrected chi connectivity index (χ3v) is 4.27. The van der Waals surface area contributed by atoms with Gasteiger partial charge in [0.2, 0.25) is 0 Å². The van der Waals surface area contributed by atoms with Crippen molar-refractivity contribution in [3.63, 3.8) is 0 Å². The first kappa shape index (κ1) is 40.7. The van der Waals surface area contributed by atoms with Crippen LogP contribution in [0.1, 0.15) is 13.8 Å². The van der Waals surface area contributed by atoms with Crippen molar-refractivity contribution in [1.29, 1.82) is 0 Å².